The van der Waals surface area contributed by atoms with Gasteiger partial charge in [-0.15, -0.1) is 0 Å². The van der Waals surface area contributed by atoms with Gasteiger partial charge in [0.2, 0.25) is 0 Å². The van der Waals surface area contributed by atoms with Gasteiger partial charge in [-0.25, -0.2) is 15.0 Å². The van der Waals surface area contributed by atoms with E-state index in [9.17, 15) is 0 Å². The summed E-state index contributed by atoms with van der Waals surface area (Å²) in [5, 5.41) is 13.4. The van der Waals surface area contributed by atoms with Crippen molar-refractivity contribution in [1.82, 2.24) is 19.5 Å². The molecule has 0 radical (unpaired) electrons. The maximum atomic E-state index is 6.99. The highest BCUT2D eigenvalue weighted by Crippen LogP contribution is 2.45. The predicted octanol–water partition coefficient (Wildman–Crippen LogP) is 16.9. The van der Waals surface area contributed by atoms with Crippen molar-refractivity contribution in [3.63, 3.8) is 0 Å². The number of hydrogen-bond acceptors (Lipinski definition) is 5. The van der Waals surface area contributed by atoms with Gasteiger partial charge in [0.05, 0.1) is 16.7 Å². The van der Waals surface area contributed by atoms with E-state index in [0.717, 1.165) is 99.2 Å². The second-order valence-corrected chi connectivity index (χ2v) is 17.9. The lowest BCUT2D eigenvalue weighted by molar-refractivity contribution is 0.668. The van der Waals surface area contributed by atoms with Gasteiger partial charge in [0.25, 0.3) is 0 Å². The van der Waals surface area contributed by atoms with Crippen LogP contribution in [-0.4, -0.2) is 19.5 Å². The Kier molecular flexibility index (Phi) is 7.97. The Morgan fingerprint density at radius 2 is 0.870 bits per heavy atom. The Bertz CT molecular complexity index is 4620. The summed E-state index contributed by atoms with van der Waals surface area (Å²) in [7, 11) is 0. The monoisotopic (exact) mass is 880 g/mol. The molecule has 0 saturated carbocycles. The standard InChI is InChI=1S/C63H36N4O2/c1-2-15-38(16-3-1)48-35-50-57(36-53(48)67-51-31-30-39-17-8-9-21-44(39)58(51)49-33-41-19-6-7-20-42(41)34-52(49)67)69-56-27-13-24-47(60(50)56)63-65-61(43-29-28-37-14-4-5-18-40(37)32-43)64-62(66-63)46-23-12-26-55-59(46)45-22-10-11-25-54(45)68-55/h1-36H. The molecule has 15 rings (SSSR count). The molecule has 0 aliphatic rings. The number of nitrogens with zero attached hydrogens (tertiary/aromatic N) is 4. The molecule has 0 N–H and O–H groups in total. The second kappa shape index (κ2) is 14.6. The number of hydrogen-bond donors (Lipinski definition) is 0. The van der Waals surface area contributed by atoms with E-state index >= 15 is 0 Å². The van der Waals surface area contributed by atoms with E-state index in [1.54, 1.807) is 0 Å². The average Bonchev–Trinajstić information content (AvgIpc) is 4.09. The first-order valence-electron chi connectivity index (χ1n) is 23.2. The number of para-hydroxylation sites is 1. The Labute approximate surface area is 394 Å². The third kappa shape index (κ3) is 5.76. The van der Waals surface area contributed by atoms with Gasteiger partial charge in [-0.2, -0.15) is 0 Å². The van der Waals surface area contributed by atoms with Crippen molar-refractivity contribution in [1.29, 1.82) is 0 Å². The quantitative estimate of drug-likeness (QED) is 0.172. The Morgan fingerprint density at radius 3 is 1.64 bits per heavy atom. The molecular formula is C63H36N4O2. The van der Waals surface area contributed by atoms with Gasteiger partial charge < -0.3 is 13.4 Å². The van der Waals surface area contributed by atoms with Crippen LogP contribution in [0.2, 0.25) is 0 Å². The second-order valence-electron chi connectivity index (χ2n) is 17.9. The Balaban J connectivity index is 1.02. The normalized spacial score (nSPS) is 12.1. The maximum Gasteiger partial charge on any atom is 0.164 e. The highest BCUT2D eigenvalue weighted by molar-refractivity contribution is 6.24. The number of benzene rings is 11. The molecule has 0 bridgehead atoms. The van der Waals surface area contributed by atoms with Crippen molar-refractivity contribution in [3.8, 4) is 51.0 Å². The number of aromatic nitrogens is 4. The molecule has 11 aromatic carbocycles. The van der Waals surface area contributed by atoms with Gasteiger partial charge in [0.1, 0.15) is 22.3 Å². The van der Waals surface area contributed by atoms with Crippen LogP contribution in [0.5, 0.6) is 0 Å². The number of fused-ring (bicyclic) bond motifs is 13. The largest absolute Gasteiger partial charge is 0.456 e. The lowest BCUT2D eigenvalue weighted by Gasteiger charge is -2.15. The van der Waals surface area contributed by atoms with E-state index in [1.165, 1.54) is 32.3 Å². The molecule has 0 atom stereocenters. The van der Waals surface area contributed by atoms with Gasteiger partial charge in [-0.05, 0) is 86.4 Å². The van der Waals surface area contributed by atoms with Crippen molar-refractivity contribution >= 4 is 98.0 Å². The van der Waals surface area contributed by atoms with Crippen molar-refractivity contribution in [2.24, 2.45) is 0 Å². The van der Waals surface area contributed by atoms with Crippen LogP contribution in [0.15, 0.2) is 227 Å². The minimum atomic E-state index is 0.549. The zero-order valence-electron chi connectivity index (χ0n) is 36.9. The Hall–Kier alpha value is -9.39. The van der Waals surface area contributed by atoms with Crippen molar-refractivity contribution in [2.45, 2.75) is 0 Å². The van der Waals surface area contributed by atoms with Crippen LogP contribution in [0.25, 0.3) is 149 Å². The third-order valence-electron chi connectivity index (χ3n) is 14.0. The summed E-state index contributed by atoms with van der Waals surface area (Å²) in [5.41, 5.74) is 11.2. The molecule has 4 aromatic heterocycles. The molecule has 15 aromatic rings. The van der Waals surface area contributed by atoms with E-state index in [4.69, 9.17) is 23.8 Å². The first-order chi connectivity index (χ1) is 34.2. The molecule has 6 nitrogen and oxygen atoms in total. The van der Waals surface area contributed by atoms with E-state index in [2.05, 4.69) is 180 Å². The summed E-state index contributed by atoms with van der Waals surface area (Å²) < 4.78 is 15.8. The van der Waals surface area contributed by atoms with Crippen molar-refractivity contribution in [2.75, 3.05) is 0 Å². The number of furan rings is 2. The Morgan fingerprint density at radius 1 is 0.290 bits per heavy atom. The van der Waals surface area contributed by atoms with Crippen LogP contribution >= 0.6 is 0 Å². The SMILES string of the molecule is c1ccc(-c2cc3c(cc2-n2c4cc5ccccc5cc4c4c5ccccc5ccc42)oc2cccc(-c4nc(-c5ccc6ccccc6c5)nc(-c5cccc6oc7ccccc7c56)n4)c23)cc1. The van der Waals surface area contributed by atoms with Gasteiger partial charge in [0, 0.05) is 60.6 Å². The molecule has 0 aliphatic heterocycles. The predicted molar refractivity (Wildman–Crippen MR) is 283 cm³/mol. The van der Waals surface area contributed by atoms with E-state index in [1.807, 2.05) is 42.5 Å². The molecule has 0 saturated heterocycles. The summed E-state index contributed by atoms with van der Waals surface area (Å²) in [6.07, 6.45) is 0. The number of rotatable bonds is 5. The van der Waals surface area contributed by atoms with Crippen LogP contribution in [-0.2, 0) is 0 Å². The van der Waals surface area contributed by atoms with Crippen LogP contribution < -0.4 is 0 Å². The molecule has 0 spiro atoms. The smallest absolute Gasteiger partial charge is 0.164 e. The molecule has 320 valence electrons. The minimum Gasteiger partial charge on any atom is -0.456 e. The molecule has 0 unspecified atom stereocenters. The lowest BCUT2D eigenvalue weighted by atomic mass is 9.98. The topological polar surface area (TPSA) is 69.9 Å². The van der Waals surface area contributed by atoms with Gasteiger partial charge >= 0.3 is 0 Å². The first kappa shape index (κ1) is 37.8. The van der Waals surface area contributed by atoms with E-state index in [-0.39, 0.29) is 0 Å². The summed E-state index contributed by atoms with van der Waals surface area (Å²) in [5.74, 6) is 1.69. The molecule has 69 heavy (non-hydrogen) atoms. The molecule has 0 amide bonds. The van der Waals surface area contributed by atoms with E-state index in [0.29, 0.717) is 17.5 Å². The average molecular weight is 881 g/mol. The third-order valence-corrected chi connectivity index (χ3v) is 14.0. The molecule has 6 heteroatoms. The van der Waals surface area contributed by atoms with Crippen molar-refractivity contribution in [3.05, 3.63) is 218 Å². The summed E-state index contributed by atoms with van der Waals surface area (Å²) in [6, 6.07) is 76.9. The van der Waals surface area contributed by atoms with Gasteiger partial charge in [0.15, 0.2) is 17.5 Å². The summed E-state index contributed by atoms with van der Waals surface area (Å²) in [6.45, 7) is 0. The van der Waals surface area contributed by atoms with Crippen LogP contribution in [0, 0.1) is 0 Å². The van der Waals surface area contributed by atoms with E-state index < -0.39 is 0 Å². The zero-order chi connectivity index (χ0) is 45.2. The molecule has 0 fully saturated rings. The summed E-state index contributed by atoms with van der Waals surface area (Å²) >= 11 is 0. The van der Waals surface area contributed by atoms with Crippen LogP contribution in [0.3, 0.4) is 0 Å². The first-order valence-corrected chi connectivity index (χ1v) is 23.2. The molecular weight excluding hydrogens is 845 g/mol. The van der Waals surface area contributed by atoms with Crippen LogP contribution in [0.4, 0.5) is 0 Å². The molecule has 0 aliphatic carbocycles. The van der Waals surface area contributed by atoms with Gasteiger partial charge in [-0.3, -0.25) is 0 Å². The van der Waals surface area contributed by atoms with Crippen molar-refractivity contribution < 1.29 is 8.83 Å². The summed E-state index contributed by atoms with van der Waals surface area (Å²) in [4.78, 5) is 16.0. The zero-order valence-corrected chi connectivity index (χ0v) is 36.9. The highest BCUT2D eigenvalue weighted by Gasteiger charge is 2.24. The van der Waals surface area contributed by atoms with Gasteiger partial charge in [-0.1, -0.05) is 164 Å². The molecule has 4 heterocycles. The fraction of sp³-hybridized carbons (Fsp3) is 0. The lowest BCUT2D eigenvalue weighted by Crippen LogP contribution is -2.01. The van der Waals surface area contributed by atoms with Crippen LogP contribution in [0.1, 0.15) is 0 Å². The fourth-order valence-corrected chi connectivity index (χ4v) is 10.8. The minimum absolute atomic E-state index is 0.549. The maximum absolute atomic E-state index is 6.99. The highest BCUT2D eigenvalue weighted by atomic mass is 16.3. The fourth-order valence-electron chi connectivity index (χ4n) is 10.8.